The van der Waals surface area contributed by atoms with Crippen LogP contribution in [0.5, 0.6) is 5.75 Å². The molecule has 0 heterocycles. The molecular formula is C13H16FNO6S. The van der Waals surface area contributed by atoms with Crippen LogP contribution in [-0.4, -0.2) is 43.0 Å². The van der Waals surface area contributed by atoms with Crippen LogP contribution < -0.4 is 10.1 Å². The first-order valence-corrected chi connectivity index (χ1v) is 8.16. The Balaban J connectivity index is 2.86. The van der Waals surface area contributed by atoms with E-state index < -0.39 is 38.9 Å². The van der Waals surface area contributed by atoms with Gasteiger partial charge in [-0.25, -0.2) is 17.6 Å². The summed E-state index contributed by atoms with van der Waals surface area (Å²) in [5.41, 5.74) is 0.0355. The lowest BCUT2D eigenvalue weighted by Gasteiger charge is -2.13. The van der Waals surface area contributed by atoms with Crippen molar-refractivity contribution in [2.24, 2.45) is 0 Å². The maximum Gasteiger partial charge on any atom is 0.344 e. The molecule has 0 aliphatic rings. The van der Waals surface area contributed by atoms with Gasteiger partial charge in [0.1, 0.15) is 5.25 Å². The molecule has 0 aromatic heterocycles. The van der Waals surface area contributed by atoms with Crippen LogP contribution in [0, 0.1) is 5.82 Å². The van der Waals surface area contributed by atoms with Crippen LogP contribution in [0.2, 0.25) is 0 Å². The number of rotatable bonds is 6. The monoisotopic (exact) mass is 333 g/mol. The van der Waals surface area contributed by atoms with Gasteiger partial charge in [0.05, 0.1) is 0 Å². The fourth-order valence-electron chi connectivity index (χ4n) is 1.35. The topological polar surface area (TPSA) is 110 Å². The average molecular weight is 333 g/mol. The van der Waals surface area contributed by atoms with Crippen LogP contribution in [0.3, 0.4) is 0 Å². The molecular weight excluding hydrogens is 317 g/mol. The summed E-state index contributed by atoms with van der Waals surface area (Å²) in [4.78, 5) is 22.3. The molecule has 0 fully saturated rings. The molecule has 1 aromatic rings. The number of benzene rings is 1. The van der Waals surface area contributed by atoms with E-state index in [9.17, 15) is 22.4 Å². The minimum Gasteiger partial charge on any atom is -0.479 e. The van der Waals surface area contributed by atoms with Crippen molar-refractivity contribution >= 4 is 27.4 Å². The third kappa shape index (κ3) is 4.69. The molecule has 0 radical (unpaired) electrons. The minimum absolute atomic E-state index is 0.0355. The Labute approximate surface area is 127 Å². The third-order valence-electron chi connectivity index (χ3n) is 2.86. The Kier molecular flexibility index (Phi) is 5.48. The maximum atomic E-state index is 13.8. The van der Waals surface area contributed by atoms with Crippen LogP contribution in [-0.2, 0) is 19.4 Å². The van der Waals surface area contributed by atoms with Gasteiger partial charge in [-0.2, -0.15) is 0 Å². The van der Waals surface area contributed by atoms with Crippen molar-refractivity contribution in [2.75, 3.05) is 11.6 Å². The number of anilines is 1. The van der Waals surface area contributed by atoms with E-state index in [1.807, 2.05) is 0 Å². The van der Waals surface area contributed by atoms with Gasteiger partial charge in [-0.05, 0) is 26.0 Å². The Bertz CT molecular complexity index is 688. The van der Waals surface area contributed by atoms with Crippen LogP contribution in [0.15, 0.2) is 18.2 Å². The van der Waals surface area contributed by atoms with E-state index in [4.69, 9.17) is 9.84 Å². The molecule has 0 saturated carbocycles. The van der Waals surface area contributed by atoms with Crippen molar-refractivity contribution in [2.45, 2.75) is 25.2 Å². The quantitative estimate of drug-likeness (QED) is 0.805. The highest BCUT2D eigenvalue weighted by atomic mass is 32.2. The third-order valence-corrected chi connectivity index (χ3v) is 4.36. The van der Waals surface area contributed by atoms with Gasteiger partial charge < -0.3 is 15.2 Å². The summed E-state index contributed by atoms with van der Waals surface area (Å²) in [5, 5.41) is 9.67. The van der Waals surface area contributed by atoms with Crippen molar-refractivity contribution in [3.63, 3.8) is 0 Å². The first-order valence-electron chi connectivity index (χ1n) is 6.21. The van der Waals surface area contributed by atoms with Gasteiger partial charge in [0.25, 0.3) is 0 Å². The van der Waals surface area contributed by atoms with Gasteiger partial charge in [-0.1, -0.05) is 0 Å². The van der Waals surface area contributed by atoms with Gasteiger partial charge in [0.15, 0.2) is 27.5 Å². The second-order valence-corrected chi connectivity index (χ2v) is 7.07. The smallest absolute Gasteiger partial charge is 0.344 e. The number of nitrogens with one attached hydrogen (secondary N) is 1. The molecule has 2 unspecified atom stereocenters. The van der Waals surface area contributed by atoms with Crippen LogP contribution >= 0.6 is 0 Å². The second-order valence-electron chi connectivity index (χ2n) is 4.70. The zero-order valence-corrected chi connectivity index (χ0v) is 13.0. The highest BCUT2D eigenvalue weighted by Crippen LogP contribution is 2.22. The molecule has 0 aliphatic carbocycles. The zero-order valence-electron chi connectivity index (χ0n) is 12.2. The summed E-state index contributed by atoms with van der Waals surface area (Å²) in [5.74, 6) is -3.21. The lowest BCUT2D eigenvalue weighted by Crippen LogP contribution is -2.31. The number of halogens is 1. The lowest BCUT2D eigenvalue weighted by molar-refractivity contribution is -0.144. The fraction of sp³-hybridized carbons (Fsp3) is 0.385. The summed E-state index contributed by atoms with van der Waals surface area (Å²) < 4.78 is 41.2. The normalized spacial score (nSPS) is 14.0. The van der Waals surface area contributed by atoms with E-state index in [2.05, 4.69) is 5.32 Å². The second kappa shape index (κ2) is 6.73. The van der Waals surface area contributed by atoms with E-state index in [1.54, 1.807) is 0 Å². The molecule has 0 aliphatic heterocycles. The van der Waals surface area contributed by atoms with Crippen molar-refractivity contribution in [3.8, 4) is 5.75 Å². The Morgan fingerprint density at radius 1 is 1.32 bits per heavy atom. The molecule has 1 amide bonds. The highest BCUT2D eigenvalue weighted by molar-refractivity contribution is 7.92. The van der Waals surface area contributed by atoms with E-state index in [0.717, 1.165) is 18.4 Å². The largest absolute Gasteiger partial charge is 0.479 e. The standard InChI is InChI=1S/C13H16FNO6S/c1-7(13(17)18)21-11-5-4-9(6-10(11)14)15-12(16)8(2)22(3,19)20/h4-8H,1-3H3,(H,15,16)(H,17,18). The van der Waals surface area contributed by atoms with Gasteiger partial charge in [0.2, 0.25) is 5.91 Å². The number of amides is 1. The molecule has 0 saturated heterocycles. The van der Waals surface area contributed by atoms with Crippen molar-refractivity contribution in [1.29, 1.82) is 0 Å². The molecule has 1 aromatic carbocycles. The number of ether oxygens (including phenoxy) is 1. The highest BCUT2D eigenvalue weighted by Gasteiger charge is 2.24. The van der Waals surface area contributed by atoms with Crippen LogP contribution in [0.1, 0.15) is 13.8 Å². The SMILES string of the molecule is CC(Oc1ccc(NC(=O)C(C)S(C)(=O)=O)cc1F)C(=O)O. The summed E-state index contributed by atoms with van der Waals surface area (Å²) in [6.45, 7) is 2.46. The Morgan fingerprint density at radius 2 is 1.91 bits per heavy atom. The van der Waals surface area contributed by atoms with Crippen LogP contribution in [0.4, 0.5) is 10.1 Å². The van der Waals surface area contributed by atoms with Crippen molar-refractivity contribution in [3.05, 3.63) is 24.0 Å². The minimum atomic E-state index is -3.56. The predicted octanol–water partition coefficient (Wildman–Crippen LogP) is 1.05. The lowest BCUT2D eigenvalue weighted by atomic mass is 10.2. The number of sulfone groups is 1. The predicted molar refractivity (Wildman–Crippen MR) is 77.1 cm³/mol. The first-order chi connectivity index (χ1) is 10.0. The number of aliphatic carboxylic acids is 1. The molecule has 9 heteroatoms. The summed E-state index contributed by atoms with van der Waals surface area (Å²) in [7, 11) is -3.56. The molecule has 0 bridgehead atoms. The summed E-state index contributed by atoms with van der Waals surface area (Å²) in [6.07, 6.45) is -0.317. The van der Waals surface area contributed by atoms with E-state index in [-0.39, 0.29) is 11.4 Å². The summed E-state index contributed by atoms with van der Waals surface area (Å²) in [6, 6.07) is 3.34. The first kappa shape index (κ1) is 17.9. The molecule has 7 nitrogen and oxygen atoms in total. The number of carbonyl (C=O) groups is 2. The Hall–Kier alpha value is -2.16. The van der Waals surface area contributed by atoms with Gasteiger partial charge in [-0.15, -0.1) is 0 Å². The maximum absolute atomic E-state index is 13.8. The van der Waals surface area contributed by atoms with E-state index >= 15 is 0 Å². The van der Waals surface area contributed by atoms with Crippen LogP contribution in [0.25, 0.3) is 0 Å². The van der Waals surface area contributed by atoms with Gasteiger partial charge in [0, 0.05) is 18.0 Å². The number of hydrogen-bond donors (Lipinski definition) is 2. The van der Waals surface area contributed by atoms with Gasteiger partial charge >= 0.3 is 5.97 Å². The van der Waals surface area contributed by atoms with Gasteiger partial charge in [-0.3, -0.25) is 4.79 Å². The molecule has 0 spiro atoms. The Morgan fingerprint density at radius 3 is 2.36 bits per heavy atom. The zero-order chi connectivity index (χ0) is 17.1. The van der Waals surface area contributed by atoms with E-state index in [0.29, 0.717) is 0 Å². The molecule has 2 atom stereocenters. The number of hydrogen-bond acceptors (Lipinski definition) is 5. The molecule has 2 N–H and O–H groups in total. The number of carboxylic acids is 1. The molecule has 1 rings (SSSR count). The number of carbonyl (C=O) groups excluding carboxylic acids is 1. The van der Waals surface area contributed by atoms with Crippen molar-refractivity contribution < 1.29 is 32.2 Å². The number of carboxylic acid groups (broad SMARTS) is 1. The van der Waals surface area contributed by atoms with Crippen molar-refractivity contribution in [1.82, 2.24) is 0 Å². The molecule has 22 heavy (non-hydrogen) atoms. The molecule has 122 valence electrons. The fourth-order valence-corrected chi connectivity index (χ4v) is 1.80. The van der Waals surface area contributed by atoms with E-state index in [1.165, 1.54) is 19.9 Å². The average Bonchev–Trinajstić information content (AvgIpc) is 2.39. The summed E-state index contributed by atoms with van der Waals surface area (Å²) >= 11 is 0.